The summed E-state index contributed by atoms with van der Waals surface area (Å²) >= 11 is 1.24. The van der Waals surface area contributed by atoms with Gasteiger partial charge in [-0.2, -0.15) is 0 Å². The molecule has 4 N–H and O–H groups in total. The molecule has 0 saturated carbocycles. The zero-order valence-corrected chi connectivity index (χ0v) is 14.1. The molecule has 1 heterocycles. The highest BCUT2D eigenvalue weighted by Gasteiger charge is 2.19. The molecule has 0 radical (unpaired) electrons. The third-order valence-corrected chi connectivity index (χ3v) is 4.60. The zero-order chi connectivity index (χ0) is 15.7. The predicted octanol–water partition coefficient (Wildman–Crippen LogP) is 4.52. The second-order valence-electron chi connectivity index (χ2n) is 5.44. The molecule has 1 aromatic heterocycles. The number of ether oxygens (including phenoxy) is 1. The number of hydrogen-bond donors (Lipinski definition) is 2. The van der Waals surface area contributed by atoms with Crippen molar-refractivity contribution in [1.82, 2.24) is 0 Å². The van der Waals surface area contributed by atoms with E-state index in [-0.39, 0.29) is 5.97 Å². The van der Waals surface area contributed by atoms with Gasteiger partial charge in [0, 0.05) is 0 Å². The first-order valence-corrected chi connectivity index (χ1v) is 8.71. The molecule has 21 heavy (non-hydrogen) atoms. The number of carbonyl (C=O) groups excluding carboxylic acids is 1. The highest BCUT2D eigenvalue weighted by atomic mass is 32.1. The summed E-state index contributed by atoms with van der Waals surface area (Å²) in [5.41, 5.74) is 12.7. The molecule has 0 aromatic carbocycles. The van der Waals surface area contributed by atoms with Crippen molar-refractivity contribution in [3.8, 4) is 0 Å². The molecule has 0 fully saturated rings. The number of nitrogen functional groups attached to an aromatic ring is 2. The molecule has 0 unspecified atom stereocenters. The van der Waals surface area contributed by atoms with Crippen LogP contribution < -0.4 is 11.5 Å². The van der Waals surface area contributed by atoms with Crippen LogP contribution in [0.3, 0.4) is 0 Å². The van der Waals surface area contributed by atoms with E-state index in [1.807, 2.05) is 0 Å². The average Bonchev–Trinajstić information content (AvgIpc) is 2.70. The molecular formula is C16H28N2O2S. The largest absolute Gasteiger partial charge is 0.462 e. The zero-order valence-electron chi connectivity index (χ0n) is 13.2. The SMILES string of the molecule is CCCCCCCCCCOC(=O)c1c(N)sc(N)c1C. The number of anilines is 2. The molecule has 1 aromatic rings. The van der Waals surface area contributed by atoms with E-state index in [1.54, 1.807) is 6.92 Å². The Labute approximate surface area is 131 Å². The van der Waals surface area contributed by atoms with Crippen molar-refractivity contribution in [1.29, 1.82) is 0 Å². The van der Waals surface area contributed by atoms with Crippen LogP contribution in [-0.4, -0.2) is 12.6 Å². The van der Waals surface area contributed by atoms with Crippen LogP contribution in [0.25, 0.3) is 0 Å². The predicted molar refractivity (Wildman–Crippen MR) is 90.8 cm³/mol. The summed E-state index contributed by atoms with van der Waals surface area (Å²) < 4.78 is 5.28. The number of unbranched alkanes of at least 4 members (excludes halogenated alkanes) is 7. The Morgan fingerprint density at radius 2 is 1.57 bits per heavy atom. The Bertz CT molecular complexity index is 444. The summed E-state index contributed by atoms with van der Waals surface area (Å²) in [6.07, 6.45) is 9.79. The van der Waals surface area contributed by atoms with Crippen molar-refractivity contribution in [2.24, 2.45) is 0 Å². The number of carbonyl (C=O) groups is 1. The quantitative estimate of drug-likeness (QED) is 0.492. The summed E-state index contributed by atoms with van der Waals surface area (Å²) in [5, 5.41) is 1.04. The van der Waals surface area contributed by atoms with Gasteiger partial charge in [0.1, 0.15) is 5.00 Å². The van der Waals surface area contributed by atoms with Crippen LogP contribution in [0.5, 0.6) is 0 Å². The lowest BCUT2D eigenvalue weighted by atomic mass is 10.1. The summed E-state index contributed by atoms with van der Waals surface area (Å²) in [7, 11) is 0. The first-order valence-electron chi connectivity index (χ1n) is 7.89. The summed E-state index contributed by atoms with van der Waals surface area (Å²) in [5.74, 6) is -0.346. The number of rotatable bonds is 10. The van der Waals surface area contributed by atoms with Crippen molar-refractivity contribution in [3.63, 3.8) is 0 Å². The van der Waals surface area contributed by atoms with E-state index in [0.717, 1.165) is 18.4 Å². The first kappa shape index (κ1) is 17.8. The molecule has 4 nitrogen and oxygen atoms in total. The molecule has 0 bridgehead atoms. The Morgan fingerprint density at radius 1 is 1.00 bits per heavy atom. The van der Waals surface area contributed by atoms with Crippen molar-refractivity contribution < 1.29 is 9.53 Å². The third kappa shape index (κ3) is 5.96. The minimum Gasteiger partial charge on any atom is -0.462 e. The van der Waals surface area contributed by atoms with E-state index >= 15 is 0 Å². The Hall–Kier alpha value is -1.23. The second-order valence-corrected chi connectivity index (χ2v) is 6.53. The van der Waals surface area contributed by atoms with E-state index in [0.29, 0.717) is 22.2 Å². The molecule has 0 atom stereocenters. The fraction of sp³-hybridized carbons (Fsp3) is 0.688. The van der Waals surface area contributed by atoms with Gasteiger partial charge in [0.15, 0.2) is 0 Å². The molecule has 0 spiro atoms. The second kappa shape index (κ2) is 9.66. The maximum atomic E-state index is 12.0. The highest BCUT2D eigenvalue weighted by Crippen LogP contribution is 2.32. The fourth-order valence-corrected chi connectivity index (χ4v) is 3.11. The third-order valence-electron chi connectivity index (χ3n) is 3.65. The normalized spacial score (nSPS) is 10.8. The van der Waals surface area contributed by atoms with Gasteiger partial charge in [0.05, 0.1) is 17.2 Å². The summed E-state index contributed by atoms with van der Waals surface area (Å²) in [6, 6.07) is 0. The van der Waals surface area contributed by atoms with Crippen LogP contribution >= 0.6 is 11.3 Å². The van der Waals surface area contributed by atoms with Gasteiger partial charge in [-0.15, -0.1) is 11.3 Å². The fourth-order valence-electron chi connectivity index (χ4n) is 2.28. The minimum absolute atomic E-state index is 0.346. The molecule has 120 valence electrons. The molecule has 0 amide bonds. The summed E-state index contributed by atoms with van der Waals surface area (Å²) in [6.45, 7) is 4.49. The van der Waals surface area contributed by atoms with Gasteiger partial charge >= 0.3 is 5.97 Å². The van der Waals surface area contributed by atoms with Crippen molar-refractivity contribution in [2.75, 3.05) is 18.1 Å². The lowest BCUT2D eigenvalue weighted by Crippen LogP contribution is -2.09. The molecule has 0 aliphatic heterocycles. The van der Waals surface area contributed by atoms with Crippen LogP contribution in [0.2, 0.25) is 0 Å². The van der Waals surface area contributed by atoms with Gasteiger partial charge in [-0.3, -0.25) is 0 Å². The van der Waals surface area contributed by atoms with E-state index in [4.69, 9.17) is 16.2 Å². The molecule has 0 aliphatic rings. The van der Waals surface area contributed by atoms with E-state index in [2.05, 4.69) is 6.92 Å². The highest BCUT2D eigenvalue weighted by molar-refractivity contribution is 7.20. The molecule has 0 saturated heterocycles. The average molecular weight is 312 g/mol. The van der Waals surface area contributed by atoms with Gasteiger partial charge in [0.25, 0.3) is 0 Å². The van der Waals surface area contributed by atoms with Crippen molar-refractivity contribution >= 4 is 27.3 Å². The number of nitrogens with two attached hydrogens (primary N) is 2. The van der Waals surface area contributed by atoms with Crippen LogP contribution in [0.1, 0.15) is 74.2 Å². The van der Waals surface area contributed by atoms with Gasteiger partial charge in [-0.25, -0.2) is 4.79 Å². The molecule has 5 heteroatoms. The standard InChI is InChI=1S/C16H28N2O2S/c1-3-4-5-6-7-8-9-10-11-20-16(19)13-12(2)14(17)21-15(13)18/h3-11,17-18H2,1-2H3. The lowest BCUT2D eigenvalue weighted by molar-refractivity contribution is 0.0498. The van der Waals surface area contributed by atoms with E-state index in [9.17, 15) is 4.79 Å². The Balaban J connectivity index is 2.14. The summed E-state index contributed by atoms with van der Waals surface area (Å²) in [4.78, 5) is 12.0. The molecule has 0 aliphatic carbocycles. The minimum atomic E-state index is -0.346. The Kier molecular flexibility index (Phi) is 8.20. The number of thiophene rings is 1. The topological polar surface area (TPSA) is 78.3 Å². The van der Waals surface area contributed by atoms with Crippen LogP contribution in [0, 0.1) is 6.92 Å². The van der Waals surface area contributed by atoms with Crippen molar-refractivity contribution in [3.05, 3.63) is 11.1 Å². The first-order chi connectivity index (χ1) is 10.1. The van der Waals surface area contributed by atoms with Gasteiger partial charge in [-0.1, -0.05) is 51.9 Å². The lowest BCUT2D eigenvalue weighted by Gasteiger charge is -2.05. The van der Waals surface area contributed by atoms with E-state index in [1.165, 1.54) is 49.9 Å². The monoisotopic (exact) mass is 312 g/mol. The van der Waals surface area contributed by atoms with Gasteiger partial charge < -0.3 is 16.2 Å². The maximum Gasteiger partial charge on any atom is 0.341 e. The molecular weight excluding hydrogens is 284 g/mol. The van der Waals surface area contributed by atoms with Gasteiger partial charge in [-0.05, 0) is 18.9 Å². The van der Waals surface area contributed by atoms with Crippen LogP contribution in [0.15, 0.2) is 0 Å². The van der Waals surface area contributed by atoms with E-state index < -0.39 is 0 Å². The van der Waals surface area contributed by atoms with Crippen molar-refractivity contribution in [2.45, 2.75) is 65.2 Å². The van der Waals surface area contributed by atoms with Gasteiger partial charge in [0.2, 0.25) is 0 Å². The number of hydrogen-bond acceptors (Lipinski definition) is 5. The maximum absolute atomic E-state index is 12.0. The Morgan fingerprint density at radius 3 is 2.10 bits per heavy atom. The number of esters is 1. The molecule has 1 rings (SSSR count). The smallest absolute Gasteiger partial charge is 0.341 e. The van der Waals surface area contributed by atoms with Crippen LogP contribution in [0.4, 0.5) is 10.0 Å². The van der Waals surface area contributed by atoms with Crippen LogP contribution in [-0.2, 0) is 4.74 Å².